The molecule has 2 heterocycles. The standard InChI is InChI=1S/C49H35N3O/c1-2-3-12-31-21-23-33(24-22-31)48-50-47(32-13-5-4-6-14-32)51-49(52-48)41-19-11-20-45-46(41)43-30-35(26-28-44(43)53-45)34-25-27-40-38-17-8-7-15-36(38)37-16-9-10-18-39(37)42(40)29-34/h4-11,13-30H,2-3,12H2,1H3. The number of aromatic nitrogens is 3. The molecule has 0 aliphatic heterocycles. The number of unbranched alkanes of at least 4 members (excludes halogenated alkanes) is 1. The highest BCUT2D eigenvalue weighted by Gasteiger charge is 2.19. The van der Waals surface area contributed by atoms with Crippen molar-refractivity contribution in [2.75, 3.05) is 0 Å². The van der Waals surface area contributed by atoms with Gasteiger partial charge >= 0.3 is 0 Å². The van der Waals surface area contributed by atoms with E-state index >= 15 is 0 Å². The minimum atomic E-state index is 0.617. The van der Waals surface area contributed by atoms with Crippen LogP contribution in [0, 0.1) is 0 Å². The van der Waals surface area contributed by atoms with Gasteiger partial charge in [-0.15, -0.1) is 0 Å². The number of aryl methyl sites for hydroxylation is 1. The zero-order valence-electron chi connectivity index (χ0n) is 29.4. The van der Waals surface area contributed by atoms with E-state index in [1.165, 1.54) is 50.7 Å². The van der Waals surface area contributed by atoms with Crippen LogP contribution in [0.25, 0.3) is 99.5 Å². The fraction of sp³-hybridized carbons (Fsp3) is 0.0816. The Kier molecular flexibility index (Phi) is 7.54. The van der Waals surface area contributed by atoms with Crippen molar-refractivity contribution in [3.63, 3.8) is 0 Å². The van der Waals surface area contributed by atoms with Gasteiger partial charge in [0.15, 0.2) is 17.5 Å². The van der Waals surface area contributed by atoms with Gasteiger partial charge in [-0.05, 0) is 86.1 Å². The molecule has 0 saturated heterocycles. The second-order valence-electron chi connectivity index (χ2n) is 13.8. The molecule has 0 atom stereocenters. The van der Waals surface area contributed by atoms with E-state index in [2.05, 4.69) is 122 Å². The summed E-state index contributed by atoms with van der Waals surface area (Å²) in [6.45, 7) is 2.23. The maximum absolute atomic E-state index is 6.49. The molecule has 0 saturated carbocycles. The van der Waals surface area contributed by atoms with Crippen molar-refractivity contribution in [2.24, 2.45) is 0 Å². The van der Waals surface area contributed by atoms with Gasteiger partial charge in [0, 0.05) is 27.5 Å². The van der Waals surface area contributed by atoms with Gasteiger partial charge in [0.05, 0.1) is 0 Å². The highest BCUT2D eigenvalue weighted by atomic mass is 16.3. The van der Waals surface area contributed by atoms with Crippen LogP contribution in [0.2, 0.25) is 0 Å². The van der Waals surface area contributed by atoms with Crippen molar-refractivity contribution in [2.45, 2.75) is 26.2 Å². The largest absolute Gasteiger partial charge is 0.456 e. The first kappa shape index (κ1) is 31.1. The van der Waals surface area contributed by atoms with Crippen LogP contribution < -0.4 is 0 Å². The second-order valence-corrected chi connectivity index (χ2v) is 13.8. The van der Waals surface area contributed by atoms with E-state index in [9.17, 15) is 0 Å². The van der Waals surface area contributed by atoms with Crippen LogP contribution in [0.3, 0.4) is 0 Å². The highest BCUT2D eigenvalue weighted by Crippen LogP contribution is 2.40. The molecule has 0 aliphatic rings. The van der Waals surface area contributed by atoms with Crippen molar-refractivity contribution < 1.29 is 4.42 Å². The van der Waals surface area contributed by atoms with Gasteiger partial charge < -0.3 is 4.42 Å². The lowest BCUT2D eigenvalue weighted by atomic mass is 9.92. The summed E-state index contributed by atoms with van der Waals surface area (Å²) in [4.78, 5) is 15.2. The summed E-state index contributed by atoms with van der Waals surface area (Å²) in [5.74, 6) is 1.91. The lowest BCUT2D eigenvalue weighted by Gasteiger charge is -2.12. The zero-order valence-corrected chi connectivity index (χ0v) is 29.4. The van der Waals surface area contributed by atoms with E-state index in [4.69, 9.17) is 19.4 Å². The summed E-state index contributed by atoms with van der Waals surface area (Å²) in [5, 5.41) is 9.61. The van der Waals surface area contributed by atoms with Gasteiger partial charge in [0.1, 0.15) is 11.2 Å². The predicted molar refractivity (Wildman–Crippen MR) is 220 cm³/mol. The summed E-state index contributed by atoms with van der Waals surface area (Å²) in [6.07, 6.45) is 3.41. The molecule has 10 rings (SSSR count). The van der Waals surface area contributed by atoms with Crippen molar-refractivity contribution in [3.8, 4) is 45.3 Å². The summed E-state index contributed by atoms with van der Waals surface area (Å²) in [6, 6.07) is 55.7. The molecule has 0 amide bonds. The Morgan fingerprint density at radius 1 is 0.415 bits per heavy atom. The molecule has 0 N–H and O–H groups in total. The van der Waals surface area contributed by atoms with E-state index in [0.29, 0.717) is 17.5 Å². The zero-order chi connectivity index (χ0) is 35.3. The third-order valence-corrected chi connectivity index (χ3v) is 10.5. The van der Waals surface area contributed by atoms with Crippen LogP contribution in [-0.2, 0) is 6.42 Å². The third-order valence-electron chi connectivity index (χ3n) is 10.5. The molecule has 53 heavy (non-hydrogen) atoms. The molecule has 8 aromatic carbocycles. The van der Waals surface area contributed by atoms with E-state index in [0.717, 1.165) is 56.2 Å². The smallest absolute Gasteiger partial charge is 0.164 e. The lowest BCUT2D eigenvalue weighted by Crippen LogP contribution is -2.00. The van der Waals surface area contributed by atoms with Crippen LogP contribution in [0.15, 0.2) is 162 Å². The Balaban J connectivity index is 1.15. The van der Waals surface area contributed by atoms with Gasteiger partial charge in [-0.3, -0.25) is 0 Å². The Labute approximate surface area is 307 Å². The number of hydrogen-bond acceptors (Lipinski definition) is 4. The molecule has 0 bridgehead atoms. The third kappa shape index (κ3) is 5.42. The van der Waals surface area contributed by atoms with Crippen molar-refractivity contribution >= 4 is 54.3 Å². The first-order valence-corrected chi connectivity index (χ1v) is 18.4. The van der Waals surface area contributed by atoms with Gasteiger partial charge in [-0.2, -0.15) is 0 Å². The van der Waals surface area contributed by atoms with Crippen LogP contribution >= 0.6 is 0 Å². The number of nitrogens with zero attached hydrogens (tertiary/aromatic N) is 3. The summed E-state index contributed by atoms with van der Waals surface area (Å²) >= 11 is 0. The Hall–Kier alpha value is -6.65. The second kappa shape index (κ2) is 12.8. The summed E-state index contributed by atoms with van der Waals surface area (Å²) in [5.41, 5.74) is 8.06. The maximum Gasteiger partial charge on any atom is 0.164 e. The molecule has 0 unspecified atom stereocenters. The fourth-order valence-corrected chi connectivity index (χ4v) is 7.82. The summed E-state index contributed by atoms with van der Waals surface area (Å²) in [7, 11) is 0. The summed E-state index contributed by atoms with van der Waals surface area (Å²) < 4.78 is 6.49. The predicted octanol–water partition coefficient (Wildman–Crippen LogP) is 13.2. The molecule has 2 aromatic heterocycles. The molecule has 10 aromatic rings. The fourth-order valence-electron chi connectivity index (χ4n) is 7.82. The molecule has 0 fully saturated rings. The topological polar surface area (TPSA) is 51.8 Å². The van der Waals surface area contributed by atoms with Crippen molar-refractivity contribution in [1.29, 1.82) is 0 Å². The van der Waals surface area contributed by atoms with Gasteiger partial charge in [-0.1, -0.05) is 147 Å². The van der Waals surface area contributed by atoms with Crippen LogP contribution in [-0.4, -0.2) is 15.0 Å². The Bertz CT molecular complexity index is 2950. The van der Waals surface area contributed by atoms with Gasteiger partial charge in [-0.25, -0.2) is 15.0 Å². The molecule has 0 radical (unpaired) electrons. The SMILES string of the molecule is CCCCc1ccc(-c2nc(-c3ccccc3)nc(-c3cccc4oc5ccc(-c6ccc7c8ccccc8c8ccccc8c7c6)cc5c34)n2)cc1. The average Bonchev–Trinajstić information content (AvgIpc) is 3.61. The number of hydrogen-bond donors (Lipinski definition) is 0. The van der Waals surface area contributed by atoms with Crippen molar-refractivity contribution in [3.05, 3.63) is 163 Å². The molecular weight excluding hydrogens is 647 g/mol. The van der Waals surface area contributed by atoms with Crippen molar-refractivity contribution in [1.82, 2.24) is 15.0 Å². The molecule has 4 nitrogen and oxygen atoms in total. The molecule has 0 aliphatic carbocycles. The number of fused-ring (bicyclic) bond motifs is 9. The van der Waals surface area contributed by atoms with E-state index in [-0.39, 0.29) is 0 Å². The molecular formula is C49H35N3O. The quantitative estimate of drug-likeness (QED) is 0.157. The van der Waals surface area contributed by atoms with Gasteiger partial charge in [0.25, 0.3) is 0 Å². The van der Waals surface area contributed by atoms with Gasteiger partial charge in [0.2, 0.25) is 0 Å². The molecule has 252 valence electrons. The first-order valence-electron chi connectivity index (χ1n) is 18.4. The lowest BCUT2D eigenvalue weighted by molar-refractivity contribution is 0.669. The first-order chi connectivity index (χ1) is 26.2. The number of rotatable bonds is 7. The van der Waals surface area contributed by atoms with E-state index in [1.54, 1.807) is 0 Å². The van der Waals surface area contributed by atoms with E-state index < -0.39 is 0 Å². The highest BCUT2D eigenvalue weighted by molar-refractivity contribution is 6.25. The minimum absolute atomic E-state index is 0.617. The van der Waals surface area contributed by atoms with Crippen LogP contribution in [0.1, 0.15) is 25.3 Å². The molecule has 4 heteroatoms. The average molecular weight is 682 g/mol. The van der Waals surface area contributed by atoms with E-state index in [1.807, 2.05) is 42.5 Å². The minimum Gasteiger partial charge on any atom is -0.456 e. The maximum atomic E-state index is 6.49. The number of benzene rings is 8. The van der Waals surface area contributed by atoms with Crippen LogP contribution in [0.4, 0.5) is 0 Å². The molecule has 0 spiro atoms. The monoisotopic (exact) mass is 681 g/mol. The number of furan rings is 1. The Morgan fingerprint density at radius 3 is 1.64 bits per heavy atom. The normalized spacial score (nSPS) is 11.7. The van der Waals surface area contributed by atoms with Crippen LogP contribution in [0.5, 0.6) is 0 Å². The Morgan fingerprint density at radius 2 is 0.962 bits per heavy atom.